The van der Waals surface area contributed by atoms with E-state index in [1.165, 1.54) is 38.6 Å². The third kappa shape index (κ3) is 2.59. The molecular formula is C14H24N2. The molecule has 2 rings (SSSR count). The molecule has 0 amide bonds. The van der Waals surface area contributed by atoms with Gasteiger partial charge >= 0.3 is 0 Å². The van der Waals surface area contributed by atoms with E-state index in [0.29, 0.717) is 11.6 Å². The Hall–Kier alpha value is -0.520. The maximum Gasteiger partial charge on any atom is 0.0604 e. The molecule has 2 nitrogen and oxygen atoms in total. The molecule has 1 saturated carbocycles. The van der Waals surface area contributed by atoms with E-state index in [1.54, 1.807) is 0 Å². The van der Waals surface area contributed by atoms with Gasteiger partial charge in [-0.1, -0.05) is 25.2 Å². The molecular weight excluding hydrogens is 196 g/mol. The van der Waals surface area contributed by atoms with Crippen LogP contribution < -0.4 is 5.32 Å². The Morgan fingerprint density at radius 2 is 2.06 bits per heavy atom. The van der Waals surface area contributed by atoms with Crippen LogP contribution in [-0.2, 0) is 0 Å². The van der Waals surface area contributed by atoms with Crippen molar-refractivity contribution in [1.82, 2.24) is 10.2 Å². The molecule has 1 spiro atoms. The zero-order valence-corrected chi connectivity index (χ0v) is 10.7. The van der Waals surface area contributed by atoms with Crippen molar-refractivity contribution in [3.63, 3.8) is 0 Å². The van der Waals surface area contributed by atoms with E-state index in [0.717, 1.165) is 13.1 Å². The van der Waals surface area contributed by atoms with E-state index in [4.69, 9.17) is 0 Å². The lowest BCUT2D eigenvalue weighted by Crippen LogP contribution is -2.64. The summed E-state index contributed by atoms with van der Waals surface area (Å²) >= 11 is 0. The Morgan fingerprint density at radius 3 is 2.75 bits per heavy atom. The summed E-state index contributed by atoms with van der Waals surface area (Å²) in [4.78, 5) is 2.55. The minimum Gasteiger partial charge on any atom is -0.308 e. The maximum absolute atomic E-state index is 3.80. The van der Waals surface area contributed by atoms with Crippen molar-refractivity contribution in [2.24, 2.45) is 0 Å². The third-order valence-electron chi connectivity index (χ3n) is 4.17. The lowest BCUT2D eigenvalue weighted by atomic mass is 9.79. The van der Waals surface area contributed by atoms with Crippen molar-refractivity contribution < 1.29 is 0 Å². The average molecular weight is 220 g/mol. The minimum absolute atomic E-state index is 0.417. The Balaban J connectivity index is 1.99. The first kappa shape index (κ1) is 12.0. The van der Waals surface area contributed by atoms with E-state index in [9.17, 15) is 0 Å². The van der Waals surface area contributed by atoms with Crippen LogP contribution in [0.15, 0.2) is 0 Å². The first-order valence-electron chi connectivity index (χ1n) is 6.64. The Morgan fingerprint density at radius 1 is 1.31 bits per heavy atom. The second-order valence-electron chi connectivity index (χ2n) is 5.40. The lowest BCUT2D eigenvalue weighted by molar-refractivity contribution is 0.0733. The minimum atomic E-state index is 0.417. The number of nitrogens with zero attached hydrogens (tertiary/aromatic N) is 1. The van der Waals surface area contributed by atoms with Crippen molar-refractivity contribution >= 4 is 0 Å². The molecule has 0 aromatic rings. The van der Waals surface area contributed by atoms with Crippen LogP contribution >= 0.6 is 0 Å². The topological polar surface area (TPSA) is 15.3 Å². The second-order valence-corrected chi connectivity index (χ2v) is 5.40. The van der Waals surface area contributed by atoms with Crippen molar-refractivity contribution in [2.45, 2.75) is 57.5 Å². The fourth-order valence-electron chi connectivity index (χ4n) is 3.05. The fourth-order valence-corrected chi connectivity index (χ4v) is 3.05. The van der Waals surface area contributed by atoms with Gasteiger partial charge in [0.2, 0.25) is 0 Å². The van der Waals surface area contributed by atoms with Crippen LogP contribution in [0, 0.1) is 11.8 Å². The summed E-state index contributed by atoms with van der Waals surface area (Å²) in [5.74, 6) is 6.23. The van der Waals surface area contributed by atoms with Gasteiger partial charge in [0, 0.05) is 24.7 Å². The number of hydrogen-bond donors (Lipinski definition) is 1. The van der Waals surface area contributed by atoms with Gasteiger partial charge in [-0.15, -0.1) is 5.92 Å². The predicted octanol–water partition coefficient (Wildman–Crippen LogP) is 2.01. The number of piperazine rings is 1. The number of nitrogens with one attached hydrogen (secondary N) is 1. The molecule has 2 fully saturated rings. The second kappa shape index (κ2) is 5.21. The van der Waals surface area contributed by atoms with Gasteiger partial charge < -0.3 is 5.32 Å². The molecule has 2 aliphatic rings. The molecule has 0 radical (unpaired) electrons. The molecule has 0 aromatic heterocycles. The molecule has 1 heterocycles. The van der Waals surface area contributed by atoms with Crippen LogP contribution in [-0.4, -0.2) is 36.1 Å². The molecule has 0 bridgehead atoms. The summed E-state index contributed by atoms with van der Waals surface area (Å²) < 4.78 is 0. The number of hydrogen-bond acceptors (Lipinski definition) is 2. The van der Waals surface area contributed by atoms with Crippen LogP contribution in [0.5, 0.6) is 0 Å². The third-order valence-corrected chi connectivity index (χ3v) is 4.17. The summed E-state index contributed by atoms with van der Waals surface area (Å²) in [7, 11) is 0. The van der Waals surface area contributed by atoms with Gasteiger partial charge in [0.1, 0.15) is 0 Å². The van der Waals surface area contributed by atoms with E-state index in [1.807, 2.05) is 6.92 Å². The molecule has 90 valence electrons. The van der Waals surface area contributed by atoms with Gasteiger partial charge in [-0.3, -0.25) is 4.90 Å². The molecule has 1 aliphatic carbocycles. The molecule has 1 atom stereocenters. The molecule has 1 aliphatic heterocycles. The average Bonchev–Trinajstić information content (AvgIpc) is 2.32. The zero-order valence-electron chi connectivity index (χ0n) is 10.7. The normalized spacial score (nSPS) is 29.8. The highest BCUT2D eigenvalue weighted by atomic mass is 15.2. The summed E-state index contributed by atoms with van der Waals surface area (Å²) in [6.07, 6.45) is 6.93. The lowest BCUT2D eigenvalue weighted by Gasteiger charge is -2.48. The van der Waals surface area contributed by atoms with Crippen LogP contribution in [0.2, 0.25) is 0 Å². The van der Waals surface area contributed by atoms with Gasteiger partial charge in [0.05, 0.1) is 6.54 Å². The van der Waals surface area contributed by atoms with E-state index in [2.05, 4.69) is 29.0 Å². The molecule has 2 heteroatoms. The smallest absolute Gasteiger partial charge is 0.0604 e. The standard InChI is InChI=1S/C14H24N2/c1-3-4-10-16-12-14(15-11-13(16)2)8-6-5-7-9-14/h13,15H,5-12H2,1-2H3. The van der Waals surface area contributed by atoms with Crippen LogP contribution in [0.1, 0.15) is 46.0 Å². The first-order valence-corrected chi connectivity index (χ1v) is 6.64. The van der Waals surface area contributed by atoms with Crippen LogP contribution in [0.4, 0.5) is 0 Å². The van der Waals surface area contributed by atoms with Crippen LogP contribution in [0.3, 0.4) is 0 Å². The van der Waals surface area contributed by atoms with Crippen molar-refractivity contribution in [3.8, 4) is 11.8 Å². The maximum atomic E-state index is 3.80. The molecule has 16 heavy (non-hydrogen) atoms. The Labute approximate surface area is 99.8 Å². The van der Waals surface area contributed by atoms with Gasteiger partial charge in [0.25, 0.3) is 0 Å². The fraction of sp³-hybridized carbons (Fsp3) is 0.857. The largest absolute Gasteiger partial charge is 0.308 e. The quantitative estimate of drug-likeness (QED) is 0.680. The predicted molar refractivity (Wildman–Crippen MR) is 68.3 cm³/mol. The monoisotopic (exact) mass is 220 g/mol. The number of rotatable bonds is 1. The van der Waals surface area contributed by atoms with E-state index >= 15 is 0 Å². The van der Waals surface area contributed by atoms with Crippen LogP contribution in [0.25, 0.3) is 0 Å². The van der Waals surface area contributed by atoms with Gasteiger partial charge in [-0.2, -0.15) is 0 Å². The van der Waals surface area contributed by atoms with E-state index < -0.39 is 0 Å². The summed E-state index contributed by atoms with van der Waals surface area (Å²) in [5, 5.41) is 3.80. The summed E-state index contributed by atoms with van der Waals surface area (Å²) in [6, 6.07) is 0.633. The van der Waals surface area contributed by atoms with Crippen molar-refractivity contribution in [2.75, 3.05) is 19.6 Å². The van der Waals surface area contributed by atoms with Gasteiger partial charge in [-0.25, -0.2) is 0 Å². The first-order chi connectivity index (χ1) is 7.76. The highest BCUT2D eigenvalue weighted by molar-refractivity contribution is 5.04. The van der Waals surface area contributed by atoms with E-state index in [-0.39, 0.29) is 0 Å². The Kier molecular flexibility index (Phi) is 3.89. The summed E-state index contributed by atoms with van der Waals surface area (Å²) in [5.41, 5.74) is 0.417. The SMILES string of the molecule is CC#CCN1CC2(CCCCC2)NCC1C. The highest BCUT2D eigenvalue weighted by Gasteiger charge is 2.38. The highest BCUT2D eigenvalue weighted by Crippen LogP contribution is 2.31. The zero-order chi connectivity index (χ0) is 11.4. The van der Waals surface area contributed by atoms with Gasteiger partial charge in [0.15, 0.2) is 0 Å². The molecule has 1 saturated heterocycles. The molecule has 1 unspecified atom stereocenters. The van der Waals surface area contributed by atoms with Gasteiger partial charge in [-0.05, 0) is 26.7 Å². The molecule has 0 aromatic carbocycles. The summed E-state index contributed by atoms with van der Waals surface area (Å²) in [6.45, 7) is 7.51. The van der Waals surface area contributed by atoms with Crippen molar-refractivity contribution in [1.29, 1.82) is 0 Å². The van der Waals surface area contributed by atoms with Crippen molar-refractivity contribution in [3.05, 3.63) is 0 Å². The molecule has 1 N–H and O–H groups in total. The Bertz CT molecular complexity index is 281.